The first-order valence-electron chi connectivity index (χ1n) is 5.67. The first-order chi connectivity index (χ1) is 7.82. The molecule has 1 fully saturated rings. The van der Waals surface area contributed by atoms with E-state index in [2.05, 4.69) is 24.0 Å². The van der Waals surface area contributed by atoms with E-state index >= 15 is 0 Å². The van der Waals surface area contributed by atoms with Crippen LogP contribution in [-0.2, 0) is 0 Å². The molecule has 3 nitrogen and oxygen atoms in total. The highest BCUT2D eigenvalue weighted by molar-refractivity contribution is 5.57. The molecule has 0 aliphatic carbocycles. The molecule has 1 aromatic carbocycles. The monoisotopic (exact) mass is 219 g/mol. The van der Waals surface area contributed by atoms with Crippen molar-refractivity contribution in [2.24, 2.45) is 0 Å². The van der Waals surface area contributed by atoms with Crippen molar-refractivity contribution in [3.63, 3.8) is 0 Å². The summed E-state index contributed by atoms with van der Waals surface area (Å²) >= 11 is 0. The van der Waals surface area contributed by atoms with Gasteiger partial charge in [0.15, 0.2) is 11.4 Å². The molecule has 1 saturated heterocycles. The lowest BCUT2D eigenvalue weighted by atomic mass is 10.2. The molecular weight excluding hydrogens is 200 g/mol. The molecule has 1 aliphatic heterocycles. The molecule has 0 bridgehead atoms. The van der Waals surface area contributed by atoms with Crippen molar-refractivity contribution in [2.75, 3.05) is 33.3 Å². The van der Waals surface area contributed by atoms with Gasteiger partial charge in [-0.2, -0.15) is 0 Å². The van der Waals surface area contributed by atoms with E-state index in [0.717, 1.165) is 36.4 Å². The second-order valence-electron chi connectivity index (χ2n) is 4.09. The number of para-hydroxylation sites is 2. The number of benzene rings is 1. The Morgan fingerprint density at radius 2 is 2.00 bits per heavy atom. The zero-order valence-electron chi connectivity index (χ0n) is 9.78. The molecule has 1 aliphatic rings. The van der Waals surface area contributed by atoms with Crippen LogP contribution in [0.3, 0.4) is 0 Å². The summed E-state index contributed by atoms with van der Waals surface area (Å²) in [5.74, 6) is 0.948. The second kappa shape index (κ2) is 4.68. The molecule has 1 N–H and O–H groups in total. The standard InChI is InChI=1S/C13H19N2O/c1-3-15(10-8-14-9-11-15)12-6-4-5-7-13(12)16-2/h3-7,14H,1,8-11H2,2H3/q+1. The summed E-state index contributed by atoms with van der Waals surface area (Å²) in [6.45, 7) is 8.10. The highest BCUT2D eigenvalue weighted by Crippen LogP contribution is 2.34. The van der Waals surface area contributed by atoms with Gasteiger partial charge in [-0.15, -0.1) is 0 Å². The number of hydrogen-bond acceptors (Lipinski definition) is 2. The lowest BCUT2D eigenvalue weighted by Crippen LogP contribution is -2.56. The molecule has 3 heteroatoms. The van der Waals surface area contributed by atoms with Crippen LogP contribution in [0.1, 0.15) is 0 Å². The molecule has 86 valence electrons. The number of ether oxygens (including phenoxy) is 1. The first-order valence-corrected chi connectivity index (χ1v) is 5.67. The Balaban J connectivity index is 2.42. The molecule has 0 spiro atoms. The molecule has 0 unspecified atom stereocenters. The predicted octanol–water partition coefficient (Wildman–Crippen LogP) is 1.75. The van der Waals surface area contributed by atoms with Gasteiger partial charge in [0.05, 0.1) is 13.3 Å². The van der Waals surface area contributed by atoms with E-state index < -0.39 is 0 Å². The minimum atomic E-state index is 0.803. The van der Waals surface area contributed by atoms with Gasteiger partial charge in [0.25, 0.3) is 0 Å². The maximum Gasteiger partial charge on any atom is 0.180 e. The molecule has 0 saturated carbocycles. The number of hydrogen-bond donors (Lipinski definition) is 1. The van der Waals surface area contributed by atoms with Gasteiger partial charge in [-0.25, -0.2) is 0 Å². The third-order valence-corrected chi connectivity index (χ3v) is 3.29. The van der Waals surface area contributed by atoms with Gasteiger partial charge >= 0.3 is 0 Å². The summed E-state index contributed by atoms with van der Waals surface area (Å²) in [5, 5.41) is 3.38. The second-order valence-corrected chi connectivity index (χ2v) is 4.09. The third-order valence-electron chi connectivity index (χ3n) is 3.29. The van der Waals surface area contributed by atoms with Crippen molar-refractivity contribution >= 4 is 5.69 Å². The smallest absolute Gasteiger partial charge is 0.180 e. The van der Waals surface area contributed by atoms with Crippen LogP contribution in [0.25, 0.3) is 0 Å². The van der Waals surface area contributed by atoms with Gasteiger partial charge in [-0.1, -0.05) is 12.1 Å². The minimum absolute atomic E-state index is 0.803. The molecule has 0 radical (unpaired) electrons. The van der Waals surface area contributed by atoms with Crippen LogP contribution in [-0.4, -0.2) is 33.3 Å². The van der Waals surface area contributed by atoms with E-state index in [1.54, 1.807) is 7.11 Å². The normalized spacial score (nSPS) is 19.1. The van der Waals surface area contributed by atoms with Crippen molar-refractivity contribution < 1.29 is 4.74 Å². The highest BCUT2D eigenvalue weighted by Gasteiger charge is 2.32. The van der Waals surface area contributed by atoms with Gasteiger partial charge in [0.1, 0.15) is 13.1 Å². The Labute approximate surface area is 96.9 Å². The van der Waals surface area contributed by atoms with Crippen molar-refractivity contribution in [3.8, 4) is 5.75 Å². The van der Waals surface area contributed by atoms with Gasteiger partial charge in [-0.05, 0) is 12.6 Å². The van der Waals surface area contributed by atoms with Gasteiger partial charge in [-0.3, -0.25) is 4.48 Å². The molecule has 16 heavy (non-hydrogen) atoms. The van der Waals surface area contributed by atoms with Crippen molar-refractivity contribution in [1.29, 1.82) is 0 Å². The molecule has 1 aromatic rings. The van der Waals surface area contributed by atoms with E-state index in [1.807, 2.05) is 18.3 Å². The highest BCUT2D eigenvalue weighted by atomic mass is 16.5. The summed E-state index contributed by atoms with van der Waals surface area (Å²) < 4.78 is 6.24. The van der Waals surface area contributed by atoms with Gasteiger partial charge in [0, 0.05) is 19.2 Å². The molecule has 1 heterocycles. The maximum atomic E-state index is 5.44. The Kier molecular flexibility index (Phi) is 3.27. The average Bonchev–Trinajstić information content (AvgIpc) is 2.39. The summed E-state index contributed by atoms with van der Waals surface area (Å²) in [7, 11) is 1.72. The number of methoxy groups -OCH3 is 1. The first kappa shape index (κ1) is 11.2. The molecule has 0 aromatic heterocycles. The number of nitrogens with zero attached hydrogens (tertiary/aromatic N) is 1. The van der Waals surface area contributed by atoms with E-state index in [-0.39, 0.29) is 0 Å². The van der Waals surface area contributed by atoms with Crippen LogP contribution in [0.5, 0.6) is 5.75 Å². The zero-order chi connectivity index (χ0) is 11.4. The molecular formula is C13H19N2O+. The van der Waals surface area contributed by atoms with Crippen LogP contribution in [0, 0.1) is 0 Å². The van der Waals surface area contributed by atoms with E-state index in [0.29, 0.717) is 0 Å². The zero-order valence-corrected chi connectivity index (χ0v) is 9.78. The average molecular weight is 219 g/mol. The summed E-state index contributed by atoms with van der Waals surface area (Å²) in [5.41, 5.74) is 1.21. The SMILES string of the molecule is C=C[N+]1(c2ccccc2OC)CCNCC1. The largest absolute Gasteiger partial charge is 0.491 e. The maximum absolute atomic E-state index is 5.44. The Hall–Kier alpha value is -1.32. The fourth-order valence-corrected chi connectivity index (χ4v) is 2.31. The molecule has 0 amide bonds. The summed E-state index contributed by atoms with van der Waals surface area (Å²) in [6, 6.07) is 8.21. The Bertz CT molecular complexity index is 370. The number of nitrogens with one attached hydrogen (secondary N) is 1. The van der Waals surface area contributed by atoms with E-state index in [1.165, 1.54) is 5.69 Å². The Morgan fingerprint density at radius 1 is 1.31 bits per heavy atom. The number of quaternary nitrogens is 1. The number of rotatable bonds is 3. The van der Waals surface area contributed by atoms with Crippen LogP contribution >= 0.6 is 0 Å². The summed E-state index contributed by atoms with van der Waals surface area (Å²) in [6.07, 6.45) is 2.03. The van der Waals surface area contributed by atoms with Crippen molar-refractivity contribution in [3.05, 3.63) is 37.0 Å². The lowest BCUT2D eigenvalue weighted by Gasteiger charge is -2.38. The van der Waals surface area contributed by atoms with E-state index in [9.17, 15) is 0 Å². The lowest BCUT2D eigenvalue weighted by molar-refractivity contribution is 0.307. The number of piperazine rings is 1. The third kappa shape index (κ3) is 1.84. The van der Waals surface area contributed by atoms with Crippen molar-refractivity contribution in [2.45, 2.75) is 0 Å². The Morgan fingerprint density at radius 3 is 2.62 bits per heavy atom. The van der Waals surface area contributed by atoms with Crippen LogP contribution in [0.2, 0.25) is 0 Å². The quantitative estimate of drug-likeness (QED) is 0.782. The van der Waals surface area contributed by atoms with Gasteiger partial charge in [0.2, 0.25) is 0 Å². The topological polar surface area (TPSA) is 21.3 Å². The predicted molar refractivity (Wildman–Crippen MR) is 67.6 cm³/mol. The van der Waals surface area contributed by atoms with Crippen LogP contribution < -0.4 is 14.5 Å². The van der Waals surface area contributed by atoms with Gasteiger partial charge < -0.3 is 10.1 Å². The fraction of sp³-hybridized carbons (Fsp3) is 0.385. The van der Waals surface area contributed by atoms with Crippen molar-refractivity contribution in [1.82, 2.24) is 9.80 Å². The van der Waals surface area contributed by atoms with Crippen LogP contribution in [0.15, 0.2) is 37.0 Å². The van der Waals surface area contributed by atoms with E-state index in [4.69, 9.17) is 4.74 Å². The summed E-state index contributed by atoms with van der Waals surface area (Å²) in [4.78, 5) is 0. The molecule has 2 rings (SSSR count). The fourth-order valence-electron chi connectivity index (χ4n) is 2.31. The van der Waals surface area contributed by atoms with Crippen LogP contribution in [0.4, 0.5) is 5.69 Å². The molecule has 0 atom stereocenters. The minimum Gasteiger partial charge on any atom is -0.491 e.